The molecule has 1 aliphatic heterocycles. The van der Waals surface area contributed by atoms with Gasteiger partial charge in [0.15, 0.2) is 0 Å². The Morgan fingerprint density at radius 1 is 0.640 bits per heavy atom. The maximum absolute atomic E-state index is 14.3. The number of nitrogens with two attached hydrogens (primary N) is 4. The monoisotopic (exact) mass is 1060 g/mol. The van der Waals surface area contributed by atoms with Gasteiger partial charge in [0, 0.05) is 19.0 Å². The van der Waals surface area contributed by atoms with Gasteiger partial charge in [-0.25, -0.2) is 0 Å². The lowest BCUT2D eigenvalue weighted by atomic mass is 10.00. The lowest BCUT2D eigenvalue weighted by Gasteiger charge is -2.28. The quantitative estimate of drug-likeness (QED) is 0.0612. The van der Waals surface area contributed by atoms with Crippen molar-refractivity contribution in [3.63, 3.8) is 0 Å². The highest BCUT2D eigenvalue weighted by Crippen LogP contribution is 2.24. The van der Waals surface area contributed by atoms with Crippen LogP contribution >= 0.6 is 0 Å². The van der Waals surface area contributed by atoms with Crippen LogP contribution in [0.25, 0.3) is 0 Å². The standard InChI is InChI=1S/C48H80N14O13/c1-24(2)21-34-44(71)56-30(13-17-49)40(67)55-32(15-19-51)43(70)62-37(25(3)64)47(74)53-20-16-33(42(69)54-31(14-18-50)41(68)59-35(45(72)58-34)22-27-9-6-5-7-10-27)57-46(73)36(23-63)60-48(75)38(26(4)65)61-39(66)28-11-8-12-29(28)52/h5-7,9-10,24-26,28-38,63-65H,8,11-23,49-52H2,1-4H3,(H,53,74)(H,54,69)(H,55,67)(H,56,71)(H,57,73)(H,58,72)(H,59,68)(H,60,75)(H,61,66)(H,62,70)/t25?,26?,28?,29?,30-,31-,32-,33-,34-,35+,36+,37-,38-/m0/s1. The number of amides is 10. The summed E-state index contributed by atoms with van der Waals surface area (Å²) in [4.78, 5) is 139. The second-order valence-electron chi connectivity index (χ2n) is 19.4. The van der Waals surface area contributed by atoms with E-state index < -0.39 is 157 Å². The zero-order valence-electron chi connectivity index (χ0n) is 43.1. The van der Waals surface area contributed by atoms with Crippen molar-refractivity contribution in [1.82, 2.24) is 53.2 Å². The fourth-order valence-electron chi connectivity index (χ4n) is 8.52. The Labute approximate surface area is 436 Å². The van der Waals surface area contributed by atoms with E-state index in [-0.39, 0.29) is 57.7 Å². The number of nitrogens with one attached hydrogen (secondary N) is 10. The molecule has 27 nitrogen and oxygen atoms in total. The van der Waals surface area contributed by atoms with E-state index in [1.807, 2.05) is 0 Å². The second-order valence-corrected chi connectivity index (χ2v) is 19.4. The summed E-state index contributed by atoms with van der Waals surface area (Å²) in [5, 5.41) is 56.5. The molecular weight excluding hydrogens is 981 g/mol. The first-order valence-electron chi connectivity index (χ1n) is 25.4. The van der Waals surface area contributed by atoms with Crippen LogP contribution in [0, 0.1) is 11.8 Å². The summed E-state index contributed by atoms with van der Waals surface area (Å²) in [6.07, 6.45) is -2.42. The van der Waals surface area contributed by atoms with Crippen LogP contribution < -0.4 is 76.1 Å². The lowest BCUT2D eigenvalue weighted by molar-refractivity contribution is -0.137. The average molecular weight is 1060 g/mol. The average Bonchev–Trinajstić information content (AvgIpc) is 3.80. The molecular formula is C48H80N14O13. The first-order valence-corrected chi connectivity index (χ1v) is 25.4. The molecule has 21 N–H and O–H groups in total. The summed E-state index contributed by atoms with van der Waals surface area (Å²) in [7, 11) is 0. The topological polar surface area (TPSA) is 456 Å². The Morgan fingerprint density at radius 3 is 1.64 bits per heavy atom. The molecule has 4 unspecified atom stereocenters. The van der Waals surface area contributed by atoms with E-state index in [0.717, 1.165) is 0 Å². The number of hydrogen-bond acceptors (Lipinski definition) is 17. The number of rotatable bonds is 19. The minimum atomic E-state index is -1.81. The van der Waals surface area contributed by atoms with Crippen LogP contribution in [0.3, 0.4) is 0 Å². The molecule has 0 bridgehead atoms. The zero-order chi connectivity index (χ0) is 55.9. The van der Waals surface area contributed by atoms with Crippen LogP contribution in [0.4, 0.5) is 0 Å². The van der Waals surface area contributed by atoms with Crippen LogP contribution in [-0.4, -0.2) is 180 Å². The first-order chi connectivity index (χ1) is 35.5. The van der Waals surface area contributed by atoms with Gasteiger partial charge in [-0.1, -0.05) is 50.6 Å². The molecule has 3 rings (SSSR count). The molecule has 0 radical (unpaired) electrons. The predicted molar refractivity (Wildman–Crippen MR) is 271 cm³/mol. The molecule has 75 heavy (non-hydrogen) atoms. The minimum absolute atomic E-state index is 0.0502. The molecule has 13 atom stereocenters. The third kappa shape index (κ3) is 20.0. The van der Waals surface area contributed by atoms with Crippen molar-refractivity contribution in [2.24, 2.45) is 34.8 Å². The lowest BCUT2D eigenvalue weighted by Crippen LogP contribution is -2.62. The maximum atomic E-state index is 14.3. The number of hydrogen-bond donors (Lipinski definition) is 17. The summed E-state index contributed by atoms with van der Waals surface area (Å²) >= 11 is 0. The summed E-state index contributed by atoms with van der Waals surface area (Å²) in [6, 6.07) is -5.68. The molecule has 10 amide bonds. The van der Waals surface area contributed by atoms with E-state index in [2.05, 4.69) is 53.2 Å². The highest BCUT2D eigenvalue weighted by Gasteiger charge is 2.38. The van der Waals surface area contributed by atoms with Crippen molar-refractivity contribution in [3.05, 3.63) is 35.9 Å². The predicted octanol–water partition coefficient (Wildman–Crippen LogP) is -6.91. The highest BCUT2D eigenvalue weighted by atomic mass is 16.3. The summed E-state index contributed by atoms with van der Waals surface area (Å²) < 4.78 is 0. The molecule has 1 aliphatic carbocycles. The molecule has 1 saturated heterocycles. The third-order valence-electron chi connectivity index (χ3n) is 12.7. The summed E-state index contributed by atoms with van der Waals surface area (Å²) in [6.45, 7) is 4.00. The number of carbonyl (C=O) groups is 10. The number of benzene rings is 1. The fraction of sp³-hybridized carbons (Fsp3) is 0.667. The van der Waals surface area contributed by atoms with Crippen LogP contribution in [0.5, 0.6) is 0 Å². The van der Waals surface area contributed by atoms with Crippen molar-refractivity contribution in [3.8, 4) is 0 Å². The molecule has 27 heteroatoms. The van der Waals surface area contributed by atoms with Crippen LogP contribution in [0.1, 0.15) is 84.6 Å². The van der Waals surface area contributed by atoms with Gasteiger partial charge in [0.2, 0.25) is 59.1 Å². The third-order valence-corrected chi connectivity index (χ3v) is 12.7. The largest absolute Gasteiger partial charge is 0.394 e. The van der Waals surface area contributed by atoms with E-state index in [4.69, 9.17) is 22.9 Å². The molecule has 2 fully saturated rings. The highest BCUT2D eigenvalue weighted by molar-refractivity contribution is 5.99. The van der Waals surface area contributed by atoms with Gasteiger partial charge in [0.05, 0.1) is 24.7 Å². The molecule has 420 valence electrons. The van der Waals surface area contributed by atoms with Gasteiger partial charge in [-0.15, -0.1) is 0 Å². The van der Waals surface area contributed by atoms with Gasteiger partial charge in [-0.05, 0) is 89.9 Å². The molecule has 2 aliphatic rings. The molecule has 1 saturated carbocycles. The normalized spacial score (nSPS) is 26.6. The van der Waals surface area contributed by atoms with E-state index >= 15 is 0 Å². The van der Waals surface area contributed by atoms with Crippen LogP contribution in [-0.2, 0) is 54.4 Å². The summed E-state index contributed by atoms with van der Waals surface area (Å²) in [5.41, 5.74) is 24.2. The van der Waals surface area contributed by atoms with Gasteiger partial charge in [0.25, 0.3) is 0 Å². The van der Waals surface area contributed by atoms with Gasteiger partial charge in [-0.2, -0.15) is 0 Å². The molecule has 1 heterocycles. The van der Waals surface area contributed by atoms with E-state index in [9.17, 15) is 63.3 Å². The Kier molecular flexibility index (Phi) is 26.4. The van der Waals surface area contributed by atoms with Crippen molar-refractivity contribution >= 4 is 59.1 Å². The number of carbonyl (C=O) groups excluding carboxylic acids is 10. The number of aliphatic hydroxyl groups is 3. The van der Waals surface area contributed by atoms with Crippen LogP contribution in [0.15, 0.2) is 30.3 Å². The molecule has 1 aromatic carbocycles. The second kappa shape index (κ2) is 31.5. The van der Waals surface area contributed by atoms with E-state index in [1.165, 1.54) is 13.8 Å². The Bertz CT molecular complexity index is 2100. The molecule has 0 spiro atoms. The van der Waals surface area contributed by atoms with Crippen molar-refractivity contribution in [2.75, 3.05) is 32.8 Å². The Balaban J connectivity index is 2.09. The van der Waals surface area contributed by atoms with E-state index in [0.29, 0.717) is 24.8 Å². The molecule has 1 aromatic rings. The van der Waals surface area contributed by atoms with Gasteiger partial charge < -0.3 is 91.4 Å². The van der Waals surface area contributed by atoms with Gasteiger partial charge >= 0.3 is 0 Å². The Morgan fingerprint density at radius 2 is 1.15 bits per heavy atom. The summed E-state index contributed by atoms with van der Waals surface area (Å²) in [5.74, 6) is -10.1. The zero-order valence-corrected chi connectivity index (χ0v) is 43.1. The van der Waals surface area contributed by atoms with E-state index in [1.54, 1.807) is 44.2 Å². The minimum Gasteiger partial charge on any atom is -0.394 e. The molecule has 0 aromatic heterocycles. The Hall–Kier alpha value is -6.36. The maximum Gasteiger partial charge on any atom is 0.245 e. The smallest absolute Gasteiger partial charge is 0.245 e. The SMILES string of the molecule is CC(C)C[C@@H]1NC(=O)[C@@H](Cc2ccccc2)NC(=O)[C@H](CCN)NC(=O)[C@@H](NC(=O)[C@@H](CO)NC(=O)[C@@H](NC(=O)C2CCCC2N)C(C)O)CCNC(=O)[C@H](C(C)O)NC(=O)[C@H](CCN)NC(=O)[C@H](CCN)NC1=O. The van der Waals surface area contributed by atoms with Crippen molar-refractivity contribution in [1.29, 1.82) is 0 Å². The van der Waals surface area contributed by atoms with Crippen molar-refractivity contribution < 1.29 is 63.3 Å². The number of aliphatic hydroxyl groups excluding tert-OH is 3. The van der Waals surface area contributed by atoms with Crippen molar-refractivity contribution in [2.45, 2.75) is 158 Å². The van der Waals surface area contributed by atoms with Gasteiger partial charge in [0.1, 0.15) is 54.4 Å². The van der Waals surface area contributed by atoms with Crippen LogP contribution in [0.2, 0.25) is 0 Å². The van der Waals surface area contributed by atoms with Gasteiger partial charge in [-0.3, -0.25) is 47.9 Å². The first kappa shape index (κ1) is 62.9. The fourth-order valence-corrected chi connectivity index (χ4v) is 8.52.